The summed E-state index contributed by atoms with van der Waals surface area (Å²) in [4.78, 5) is 11.8. The van der Waals surface area contributed by atoms with Crippen LogP contribution in [0.2, 0.25) is 0 Å². The molecule has 0 saturated carbocycles. The van der Waals surface area contributed by atoms with Crippen LogP contribution in [0, 0.1) is 6.92 Å². The minimum absolute atomic E-state index is 0.504. The SMILES string of the molecule is Cc1ccc(-c2nnc(SCc3nc(N)c4c5c(sc4n3)CCCCC5)o2)cc1. The van der Waals surface area contributed by atoms with E-state index < -0.39 is 0 Å². The lowest BCUT2D eigenvalue weighted by Crippen LogP contribution is -2.00. The van der Waals surface area contributed by atoms with Gasteiger partial charge in [0.15, 0.2) is 0 Å². The third-order valence-corrected chi connectivity index (χ3v) is 7.17. The molecule has 29 heavy (non-hydrogen) atoms. The maximum absolute atomic E-state index is 6.33. The standard InChI is InChI=1S/C21H21N5OS2/c1-12-7-9-13(10-8-12)19-25-26-21(27-19)28-11-16-23-18(22)17-14-5-3-2-4-6-15(14)29-20(17)24-16/h7-10H,2-6,11H2,1H3,(H2,22,23,24). The first-order valence-corrected chi connectivity index (χ1v) is 11.6. The first-order valence-electron chi connectivity index (χ1n) is 9.77. The summed E-state index contributed by atoms with van der Waals surface area (Å²) in [5, 5.41) is 9.86. The van der Waals surface area contributed by atoms with Gasteiger partial charge in [-0.1, -0.05) is 35.9 Å². The molecule has 0 fully saturated rings. The zero-order valence-electron chi connectivity index (χ0n) is 16.1. The average molecular weight is 424 g/mol. The van der Waals surface area contributed by atoms with E-state index in [2.05, 4.69) is 15.2 Å². The molecule has 0 aliphatic heterocycles. The third kappa shape index (κ3) is 3.74. The highest BCUT2D eigenvalue weighted by Gasteiger charge is 2.19. The molecule has 3 aromatic heterocycles. The Morgan fingerprint density at radius 2 is 1.90 bits per heavy atom. The Balaban J connectivity index is 1.35. The fourth-order valence-electron chi connectivity index (χ4n) is 3.68. The predicted molar refractivity (Wildman–Crippen MR) is 117 cm³/mol. The number of rotatable bonds is 4. The lowest BCUT2D eigenvalue weighted by Gasteiger charge is -2.03. The van der Waals surface area contributed by atoms with Crippen molar-refractivity contribution in [3.05, 3.63) is 46.1 Å². The van der Waals surface area contributed by atoms with Crippen molar-refractivity contribution in [3.63, 3.8) is 0 Å². The van der Waals surface area contributed by atoms with E-state index in [1.165, 1.54) is 47.0 Å². The van der Waals surface area contributed by atoms with Gasteiger partial charge in [-0.2, -0.15) is 0 Å². The van der Waals surface area contributed by atoms with Gasteiger partial charge in [0, 0.05) is 10.4 Å². The van der Waals surface area contributed by atoms with Crippen LogP contribution in [0.3, 0.4) is 0 Å². The number of benzene rings is 1. The van der Waals surface area contributed by atoms with Gasteiger partial charge in [-0.3, -0.25) is 0 Å². The van der Waals surface area contributed by atoms with Crippen LogP contribution in [0.15, 0.2) is 33.9 Å². The highest BCUT2D eigenvalue weighted by molar-refractivity contribution is 7.98. The monoisotopic (exact) mass is 423 g/mol. The van der Waals surface area contributed by atoms with Gasteiger partial charge in [-0.25, -0.2) is 9.97 Å². The summed E-state index contributed by atoms with van der Waals surface area (Å²) in [5.74, 6) is 2.35. The van der Waals surface area contributed by atoms with Crippen molar-refractivity contribution >= 4 is 39.1 Å². The summed E-state index contributed by atoms with van der Waals surface area (Å²) in [7, 11) is 0. The average Bonchev–Trinajstić information content (AvgIpc) is 3.25. The quantitative estimate of drug-likeness (QED) is 0.356. The number of thiophene rings is 1. The van der Waals surface area contributed by atoms with Crippen molar-refractivity contribution in [2.24, 2.45) is 0 Å². The molecule has 4 aromatic rings. The van der Waals surface area contributed by atoms with Crippen LogP contribution in [-0.2, 0) is 18.6 Å². The first kappa shape index (κ1) is 18.6. The molecule has 1 aliphatic rings. The van der Waals surface area contributed by atoms with Gasteiger partial charge >= 0.3 is 0 Å². The van der Waals surface area contributed by atoms with Crippen LogP contribution in [-0.4, -0.2) is 20.2 Å². The molecule has 8 heteroatoms. The first-order chi connectivity index (χ1) is 14.2. The van der Waals surface area contributed by atoms with Gasteiger partial charge in [0.1, 0.15) is 16.5 Å². The van der Waals surface area contributed by atoms with Crippen LogP contribution in [0.5, 0.6) is 0 Å². The number of thioether (sulfide) groups is 1. The van der Waals surface area contributed by atoms with Crippen LogP contribution in [0.25, 0.3) is 21.7 Å². The molecule has 6 nitrogen and oxygen atoms in total. The molecule has 1 aromatic carbocycles. The van der Waals surface area contributed by atoms with Crippen molar-refractivity contribution in [3.8, 4) is 11.5 Å². The van der Waals surface area contributed by atoms with E-state index in [0.717, 1.165) is 28.6 Å². The molecule has 0 atom stereocenters. The second kappa shape index (κ2) is 7.76. The number of nitrogens with zero attached hydrogens (tertiary/aromatic N) is 4. The number of aromatic nitrogens is 4. The minimum atomic E-state index is 0.504. The number of hydrogen-bond acceptors (Lipinski definition) is 8. The second-order valence-electron chi connectivity index (χ2n) is 7.30. The summed E-state index contributed by atoms with van der Waals surface area (Å²) >= 11 is 3.21. The Kier molecular flexibility index (Phi) is 4.97. The van der Waals surface area contributed by atoms with Gasteiger partial charge in [0.05, 0.1) is 11.1 Å². The summed E-state index contributed by atoms with van der Waals surface area (Å²) < 4.78 is 5.79. The van der Waals surface area contributed by atoms with E-state index in [-0.39, 0.29) is 0 Å². The normalized spacial score (nSPS) is 14.1. The number of hydrogen-bond donors (Lipinski definition) is 1. The van der Waals surface area contributed by atoms with Crippen LogP contribution >= 0.6 is 23.1 Å². The van der Waals surface area contributed by atoms with Crippen molar-refractivity contribution in [1.82, 2.24) is 20.2 Å². The van der Waals surface area contributed by atoms with Gasteiger partial charge in [-0.05, 0) is 50.3 Å². The van der Waals surface area contributed by atoms with Gasteiger partial charge in [0.2, 0.25) is 5.89 Å². The lowest BCUT2D eigenvalue weighted by atomic mass is 10.1. The molecule has 0 amide bonds. The summed E-state index contributed by atoms with van der Waals surface area (Å²) in [6.07, 6.45) is 5.96. The number of nitrogen functional groups attached to an aromatic ring is 1. The van der Waals surface area contributed by atoms with Crippen molar-refractivity contribution < 1.29 is 4.42 Å². The Morgan fingerprint density at radius 3 is 2.76 bits per heavy atom. The van der Waals surface area contributed by atoms with E-state index in [9.17, 15) is 0 Å². The fraction of sp³-hybridized carbons (Fsp3) is 0.333. The molecule has 0 spiro atoms. The molecular formula is C21H21N5OS2. The smallest absolute Gasteiger partial charge is 0.277 e. The van der Waals surface area contributed by atoms with E-state index in [1.54, 1.807) is 11.3 Å². The zero-order chi connectivity index (χ0) is 19.8. The lowest BCUT2D eigenvalue weighted by molar-refractivity contribution is 0.465. The van der Waals surface area contributed by atoms with Crippen LogP contribution < -0.4 is 5.73 Å². The Labute approximate surface area is 177 Å². The minimum Gasteiger partial charge on any atom is -0.411 e. The van der Waals surface area contributed by atoms with Crippen molar-refractivity contribution in [1.29, 1.82) is 0 Å². The number of fused-ring (bicyclic) bond motifs is 3. The third-order valence-electron chi connectivity index (χ3n) is 5.17. The Hall–Kier alpha value is -2.45. The number of anilines is 1. The van der Waals surface area contributed by atoms with Crippen molar-refractivity contribution in [2.75, 3.05) is 5.73 Å². The van der Waals surface area contributed by atoms with E-state index in [1.807, 2.05) is 31.2 Å². The zero-order valence-corrected chi connectivity index (χ0v) is 17.8. The highest BCUT2D eigenvalue weighted by Crippen LogP contribution is 2.37. The summed E-state index contributed by atoms with van der Waals surface area (Å²) in [6, 6.07) is 8.02. The van der Waals surface area contributed by atoms with Crippen LogP contribution in [0.4, 0.5) is 5.82 Å². The number of nitrogens with two attached hydrogens (primary N) is 1. The maximum atomic E-state index is 6.33. The highest BCUT2D eigenvalue weighted by atomic mass is 32.2. The molecular weight excluding hydrogens is 402 g/mol. The molecule has 0 bridgehead atoms. The molecule has 0 unspecified atom stereocenters. The second-order valence-corrected chi connectivity index (χ2v) is 9.31. The summed E-state index contributed by atoms with van der Waals surface area (Å²) in [6.45, 7) is 2.05. The topological polar surface area (TPSA) is 90.7 Å². The predicted octanol–water partition coefficient (Wildman–Crippen LogP) is 5.19. The van der Waals surface area contributed by atoms with Crippen molar-refractivity contribution in [2.45, 2.75) is 50.0 Å². The molecule has 1 aliphatic carbocycles. The van der Waals surface area contributed by atoms with E-state index >= 15 is 0 Å². The van der Waals surface area contributed by atoms with Crippen LogP contribution in [0.1, 0.15) is 41.1 Å². The Bertz CT molecular complexity index is 1170. The number of aryl methyl sites for hydroxylation is 3. The molecule has 148 valence electrons. The van der Waals surface area contributed by atoms with E-state index in [0.29, 0.717) is 28.5 Å². The fourth-order valence-corrected chi connectivity index (χ4v) is 5.59. The van der Waals surface area contributed by atoms with Gasteiger partial charge in [-0.15, -0.1) is 21.5 Å². The summed E-state index contributed by atoms with van der Waals surface area (Å²) in [5.41, 5.74) is 9.81. The van der Waals surface area contributed by atoms with Gasteiger partial charge < -0.3 is 10.2 Å². The Morgan fingerprint density at radius 1 is 1.07 bits per heavy atom. The molecule has 0 saturated heterocycles. The van der Waals surface area contributed by atoms with Gasteiger partial charge in [0.25, 0.3) is 5.22 Å². The van der Waals surface area contributed by atoms with E-state index in [4.69, 9.17) is 15.1 Å². The molecule has 3 heterocycles. The maximum Gasteiger partial charge on any atom is 0.277 e. The molecule has 2 N–H and O–H groups in total. The molecule has 0 radical (unpaired) electrons. The largest absolute Gasteiger partial charge is 0.411 e. The molecule has 5 rings (SSSR count).